The molecule has 0 atom stereocenters. The van der Waals surface area contributed by atoms with Crippen LogP contribution in [-0.4, -0.2) is 6.54 Å². The molecule has 0 bridgehead atoms. The van der Waals surface area contributed by atoms with Gasteiger partial charge in [-0.25, -0.2) is 8.78 Å². The van der Waals surface area contributed by atoms with Gasteiger partial charge >= 0.3 is 0 Å². The fourth-order valence-electron chi connectivity index (χ4n) is 1.08. The van der Waals surface area contributed by atoms with Crippen molar-refractivity contribution in [3.05, 3.63) is 34.4 Å². The molecule has 13 heavy (non-hydrogen) atoms. The van der Waals surface area contributed by atoms with Gasteiger partial charge in [0.25, 0.3) is 0 Å². The molecule has 0 unspecified atom stereocenters. The van der Waals surface area contributed by atoms with E-state index in [4.69, 9.17) is 17.3 Å². The molecule has 0 aliphatic rings. The number of hydrogen-bond acceptors (Lipinski definition) is 1. The van der Waals surface area contributed by atoms with Crippen molar-refractivity contribution in [3.63, 3.8) is 0 Å². The monoisotopic (exact) mass is 205 g/mol. The highest BCUT2D eigenvalue weighted by Crippen LogP contribution is 2.22. The van der Waals surface area contributed by atoms with E-state index in [1.165, 1.54) is 6.07 Å². The molecule has 0 saturated carbocycles. The molecule has 4 heteroatoms. The molecule has 0 aromatic heterocycles. The first-order valence-corrected chi connectivity index (χ1v) is 4.37. The summed E-state index contributed by atoms with van der Waals surface area (Å²) in [6.45, 7) is 0.437. The van der Waals surface area contributed by atoms with Gasteiger partial charge in [0.15, 0.2) is 11.6 Å². The molecular formula is C9H10ClF2N. The highest BCUT2D eigenvalue weighted by Gasteiger charge is 2.11. The van der Waals surface area contributed by atoms with Gasteiger partial charge in [-0.1, -0.05) is 11.6 Å². The molecule has 1 nitrogen and oxygen atoms in total. The lowest BCUT2D eigenvalue weighted by atomic mass is 10.1. The Morgan fingerprint density at radius 3 is 2.62 bits per heavy atom. The number of benzene rings is 1. The minimum atomic E-state index is -0.864. The van der Waals surface area contributed by atoms with E-state index >= 15 is 0 Å². The van der Waals surface area contributed by atoms with E-state index in [0.717, 1.165) is 6.07 Å². The summed E-state index contributed by atoms with van der Waals surface area (Å²) in [6.07, 6.45) is 0.971. The molecule has 0 fully saturated rings. The van der Waals surface area contributed by atoms with E-state index in [2.05, 4.69) is 0 Å². The SMILES string of the molecule is NCCCc1c(Cl)ccc(F)c1F. The molecule has 0 heterocycles. The Kier molecular flexibility index (Phi) is 3.63. The van der Waals surface area contributed by atoms with E-state index in [-0.39, 0.29) is 10.6 Å². The Morgan fingerprint density at radius 1 is 1.31 bits per heavy atom. The van der Waals surface area contributed by atoms with Crippen LogP contribution in [0.15, 0.2) is 12.1 Å². The number of hydrogen-bond donors (Lipinski definition) is 1. The van der Waals surface area contributed by atoms with Crippen molar-refractivity contribution in [2.75, 3.05) is 6.54 Å². The Labute approximate surface area is 80.5 Å². The van der Waals surface area contributed by atoms with Gasteiger partial charge in [-0.2, -0.15) is 0 Å². The zero-order chi connectivity index (χ0) is 9.84. The molecule has 0 radical (unpaired) electrons. The van der Waals surface area contributed by atoms with Gasteiger partial charge in [0.2, 0.25) is 0 Å². The van der Waals surface area contributed by atoms with Crippen LogP contribution in [0.1, 0.15) is 12.0 Å². The average Bonchev–Trinajstić information content (AvgIpc) is 2.12. The van der Waals surface area contributed by atoms with Gasteiger partial charge in [0.1, 0.15) is 0 Å². The smallest absolute Gasteiger partial charge is 0.163 e. The van der Waals surface area contributed by atoms with E-state index < -0.39 is 11.6 Å². The minimum Gasteiger partial charge on any atom is -0.330 e. The second-order valence-corrected chi connectivity index (χ2v) is 3.12. The summed E-state index contributed by atoms with van der Waals surface area (Å²) in [6, 6.07) is 2.37. The molecule has 0 aliphatic carbocycles. The van der Waals surface area contributed by atoms with Crippen molar-refractivity contribution >= 4 is 11.6 Å². The topological polar surface area (TPSA) is 26.0 Å². The maximum absolute atomic E-state index is 13.1. The average molecular weight is 206 g/mol. The summed E-state index contributed by atoms with van der Waals surface area (Å²) >= 11 is 5.69. The number of rotatable bonds is 3. The summed E-state index contributed by atoms with van der Waals surface area (Å²) in [5.41, 5.74) is 5.47. The van der Waals surface area contributed by atoms with E-state index in [1.54, 1.807) is 0 Å². The molecule has 1 rings (SSSR count). The molecule has 0 amide bonds. The molecule has 1 aromatic carbocycles. The molecule has 72 valence electrons. The van der Waals surface area contributed by atoms with Crippen molar-refractivity contribution < 1.29 is 8.78 Å². The van der Waals surface area contributed by atoms with Crippen LogP contribution in [0.5, 0.6) is 0 Å². The maximum Gasteiger partial charge on any atom is 0.163 e. The van der Waals surface area contributed by atoms with Gasteiger partial charge in [-0.05, 0) is 31.5 Å². The standard InChI is InChI=1S/C9H10ClF2N/c10-7-3-4-8(11)9(12)6(7)2-1-5-13/h3-4H,1-2,5,13H2. The van der Waals surface area contributed by atoms with Crippen LogP contribution < -0.4 is 5.73 Å². The van der Waals surface area contributed by atoms with Gasteiger partial charge in [0.05, 0.1) is 0 Å². The van der Waals surface area contributed by atoms with E-state index in [1.807, 2.05) is 0 Å². The van der Waals surface area contributed by atoms with Crippen LogP contribution in [0, 0.1) is 11.6 Å². The van der Waals surface area contributed by atoms with Crippen molar-refractivity contribution in [3.8, 4) is 0 Å². The van der Waals surface area contributed by atoms with Crippen molar-refractivity contribution in [1.82, 2.24) is 0 Å². The summed E-state index contributed by atoms with van der Waals surface area (Å²) < 4.78 is 25.8. The molecule has 0 spiro atoms. The highest BCUT2D eigenvalue weighted by molar-refractivity contribution is 6.31. The number of halogens is 3. The van der Waals surface area contributed by atoms with E-state index in [0.29, 0.717) is 19.4 Å². The third kappa shape index (κ3) is 2.39. The van der Waals surface area contributed by atoms with Gasteiger partial charge in [-0.3, -0.25) is 0 Å². The first-order chi connectivity index (χ1) is 6.16. The minimum absolute atomic E-state index is 0.215. The third-order valence-corrected chi connectivity index (χ3v) is 2.12. The van der Waals surface area contributed by atoms with Gasteiger partial charge in [-0.15, -0.1) is 0 Å². The van der Waals surface area contributed by atoms with Crippen LogP contribution in [-0.2, 0) is 6.42 Å². The lowest BCUT2D eigenvalue weighted by Gasteiger charge is -2.05. The van der Waals surface area contributed by atoms with Crippen molar-refractivity contribution in [2.45, 2.75) is 12.8 Å². The van der Waals surface area contributed by atoms with Crippen molar-refractivity contribution in [1.29, 1.82) is 0 Å². The Hall–Kier alpha value is -0.670. The largest absolute Gasteiger partial charge is 0.330 e. The Balaban J connectivity index is 2.96. The van der Waals surface area contributed by atoms with Crippen LogP contribution in [0.2, 0.25) is 5.02 Å². The summed E-state index contributed by atoms with van der Waals surface area (Å²) in [5.74, 6) is -1.72. The number of nitrogens with two attached hydrogens (primary N) is 1. The predicted octanol–water partition coefficient (Wildman–Crippen LogP) is 2.51. The fourth-order valence-corrected chi connectivity index (χ4v) is 1.32. The van der Waals surface area contributed by atoms with Crippen molar-refractivity contribution in [2.24, 2.45) is 5.73 Å². The Morgan fingerprint density at radius 2 is 2.00 bits per heavy atom. The van der Waals surface area contributed by atoms with Crippen LogP contribution in [0.3, 0.4) is 0 Å². The van der Waals surface area contributed by atoms with E-state index in [9.17, 15) is 8.78 Å². The summed E-state index contributed by atoms with van der Waals surface area (Å²) in [5, 5.41) is 0.257. The summed E-state index contributed by atoms with van der Waals surface area (Å²) in [4.78, 5) is 0. The lowest BCUT2D eigenvalue weighted by Crippen LogP contribution is -2.03. The molecular weight excluding hydrogens is 196 g/mol. The molecule has 0 aliphatic heterocycles. The van der Waals surface area contributed by atoms with Crippen LogP contribution in [0.4, 0.5) is 8.78 Å². The lowest BCUT2D eigenvalue weighted by molar-refractivity contribution is 0.497. The fraction of sp³-hybridized carbons (Fsp3) is 0.333. The first kappa shape index (κ1) is 10.4. The molecule has 0 saturated heterocycles. The van der Waals surface area contributed by atoms with Gasteiger partial charge < -0.3 is 5.73 Å². The predicted molar refractivity (Wildman–Crippen MR) is 48.7 cm³/mol. The quantitative estimate of drug-likeness (QED) is 0.754. The third-order valence-electron chi connectivity index (χ3n) is 1.77. The molecule has 1 aromatic rings. The highest BCUT2D eigenvalue weighted by atomic mass is 35.5. The zero-order valence-electron chi connectivity index (χ0n) is 6.99. The second kappa shape index (κ2) is 4.53. The van der Waals surface area contributed by atoms with Crippen LogP contribution in [0.25, 0.3) is 0 Å². The normalized spacial score (nSPS) is 10.5. The maximum atomic E-state index is 13.1. The molecule has 2 N–H and O–H groups in total. The summed E-state index contributed by atoms with van der Waals surface area (Å²) in [7, 11) is 0. The Bertz CT molecular complexity index is 302. The van der Waals surface area contributed by atoms with Gasteiger partial charge in [0, 0.05) is 10.6 Å². The zero-order valence-corrected chi connectivity index (χ0v) is 7.74. The second-order valence-electron chi connectivity index (χ2n) is 2.71. The first-order valence-electron chi connectivity index (χ1n) is 3.99. The van der Waals surface area contributed by atoms with Crippen LogP contribution >= 0.6 is 11.6 Å².